The first kappa shape index (κ1) is 10.9. The second-order valence-electron chi connectivity index (χ2n) is 4.57. The van der Waals surface area contributed by atoms with Crippen LogP contribution in [0.5, 0.6) is 0 Å². The summed E-state index contributed by atoms with van der Waals surface area (Å²) in [5.74, 6) is 0.168. The molecule has 0 aromatic carbocycles. The SMILES string of the molecule is O=C1CC(N2CCC[C@H]2CO)CCCN1. The van der Waals surface area contributed by atoms with Gasteiger partial charge in [0, 0.05) is 25.0 Å². The molecular weight excluding hydrogens is 192 g/mol. The van der Waals surface area contributed by atoms with Crippen LogP contribution in [0, 0.1) is 0 Å². The summed E-state index contributed by atoms with van der Waals surface area (Å²) in [5, 5.41) is 12.2. The van der Waals surface area contributed by atoms with Crippen LogP contribution in [0.4, 0.5) is 0 Å². The van der Waals surface area contributed by atoms with Crippen LogP contribution >= 0.6 is 0 Å². The van der Waals surface area contributed by atoms with E-state index in [9.17, 15) is 9.90 Å². The Morgan fingerprint density at radius 2 is 2.27 bits per heavy atom. The Labute approximate surface area is 90.6 Å². The second-order valence-corrected chi connectivity index (χ2v) is 4.57. The summed E-state index contributed by atoms with van der Waals surface area (Å²) >= 11 is 0. The van der Waals surface area contributed by atoms with Crippen molar-refractivity contribution in [2.75, 3.05) is 19.7 Å². The molecule has 0 bridgehead atoms. The molecule has 15 heavy (non-hydrogen) atoms. The highest BCUT2D eigenvalue weighted by Gasteiger charge is 2.31. The van der Waals surface area contributed by atoms with E-state index in [4.69, 9.17) is 0 Å². The fraction of sp³-hybridized carbons (Fsp3) is 0.909. The standard InChI is InChI=1S/C11H20N2O2/c14-8-10-4-2-6-13(10)9-3-1-5-12-11(15)7-9/h9-10,14H,1-8H2,(H,12,15)/t9?,10-/m0/s1. The van der Waals surface area contributed by atoms with Gasteiger partial charge in [0.15, 0.2) is 0 Å². The molecule has 2 fully saturated rings. The number of nitrogens with one attached hydrogen (secondary N) is 1. The molecule has 2 heterocycles. The van der Waals surface area contributed by atoms with E-state index >= 15 is 0 Å². The first-order chi connectivity index (χ1) is 7.31. The van der Waals surface area contributed by atoms with E-state index in [0.717, 1.165) is 38.8 Å². The molecule has 0 radical (unpaired) electrons. The molecule has 1 unspecified atom stereocenters. The van der Waals surface area contributed by atoms with E-state index < -0.39 is 0 Å². The maximum absolute atomic E-state index is 11.4. The molecule has 4 nitrogen and oxygen atoms in total. The lowest BCUT2D eigenvalue weighted by Gasteiger charge is -2.30. The minimum absolute atomic E-state index is 0.168. The molecule has 2 saturated heterocycles. The predicted molar refractivity (Wildman–Crippen MR) is 57.5 cm³/mol. The van der Waals surface area contributed by atoms with Crippen molar-refractivity contribution in [1.82, 2.24) is 10.2 Å². The highest BCUT2D eigenvalue weighted by Crippen LogP contribution is 2.24. The zero-order valence-electron chi connectivity index (χ0n) is 9.11. The molecule has 86 valence electrons. The second kappa shape index (κ2) is 4.94. The molecule has 2 rings (SSSR count). The van der Waals surface area contributed by atoms with Gasteiger partial charge in [-0.25, -0.2) is 0 Å². The van der Waals surface area contributed by atoms with Gasteiger partial charge in [-0.1, -0.05) is 0 Å². The van der Waals surface area contributed by atoms with Crippen molar-refractivity contribution in [2.45, 2.75) is 44.2 Å². The van der Waals surface area contributed by atoms with Crippen LogP contribution < -0.4 is 5.32 Å². The summed E-state index contributed by atoms with van der Waals surface area (Å²) in [6.45, 7) is 2.09. The number of carbonyl (C=O) groups excluding carboxylic acids is 1. The third-order valence-corrected chi connectivity index (χ3v) is 3.56. The average molecular weight is 212 g/mol. The first-order valence-corrected chi connectivity index (χ1v) is 5.94. The maximum atomic E-state index is 11.4. The van der Waals surface area contributed by atoms with E-state index in [1.807, 2.05) is 0 Å². The largest absolute Gasteiger partial charge is 0.395 e. The van der Waals surface area contributed by atoms with Crippen molar-refractivity contribution in [3.63, 3.8) is 0 Å². The Bertz CT molecular complexity index is 233. The normalized spacial score (nSPS) is 33.8. The monoisotopic (exact) mass is 212 g/mol. The van der Waals surface area contributed by atoms with Gasteiger partial charge in [-0.2, -0.15) is 0 Å². The zero-order valence-corrected chi connectivity index (χ0v) is 9.11. The zero-order chi connectivity index (χ0) is 10.7. The molecule has 2 N–H and O–H groups in total. The Balaban J connectivity index is 1.98. The Kier molecular flexibility index (Phi) is 3.59. The van der Waals surface area contributed by atoms with E-state index in [2.05, 4.69) is 10.2 Å². The summed E-state index contributed by atoms with van der Waals surface area (Å²) in [6, 6.07) is 0.646. The van der Waals surface area contributed by atoms with Crippen molar-refractivity contribution in [3.05, 3.63) is 0 Å². The fourth-order valence-corrected chi connectivity index (χ4v) is 2.77. The topological polar surface area (TPSA) is 52.6 Å². The summed E-state index contributed by atoms with van der Waals surface area (Å²) in [7, 11) is 0. The van der Waals surface area contributed by atoms with Crippen molar-refractivity contribution >= 4 is 5.91 Å². The number of rotatable bonds is 2. The minimum Gasteiger partial charge on any atom is -0.395 e. The molecule has 0 spiro atoms. The molecule has 0 aromatic heterocycles. The number of aliphatic hydroxyl groups excluding tert-OH is 1. The third-order valence-electron chi connectivity index (χ3n) is 3.56. The number of hydrogen-bond acceptors (Lipinski definition) is 3. The number of carbonyl (C=O) groups is 1. The van der Waals surface area contributed by atoms with Gasteiger partial charge >= 0.3 is 0 Å². The van der Waals surface area contributed by atoms with Crippen molar-refractivity contribution in [2.24, 2.45) is 0 Å². The van der Waals surface area contributed by atoms with Crippen LogP contribution in [0.1, 0.15) is 32.1 Å². The van der Waals surface area contributed by atoms with E-state index in [-0.39, 0.29) is 12.5 Å². The van der Waals surface area contributed by atoms with Gasteiger partial charge < -0.3 is 10.4 Å². The maximum Gasteiger partial charge on any atom is 0.221 e. The molecule has 2 aliphatic heterocycles. The number of hydrogen-bond donors (Lipinski definition) is 2. The number of nitrogens with zero attached hydrogens (tertiary/aromatic N) is 1. The lowest BCUT2D eigenvalue weighted by molar-refractivity contribution is -0.121. The highest BCUT2D eigenvalue weighted by atomic mass is 16.3. The molecule has 2 atom stereocenters. The van der Waals surface area contributed by atoms with Crippen LogP contribution in [0.3, 0.4) is 0 Å². The lowest BCUT2D eigenvalue weighted by atomic mass is 10.1. The van der Waals surface area contributed by atoms with E-state index in [1.54, 1.807) is 0 Å². The van der Waals surface area contributed by atoms with Crippen molar-refractivity contribution in [1.29, 1.82) is 0 Å². The number of likely N-dealkylation sites (tertiary alicyclic amines) is 1. The molecule has 1 amide bonds. The predicted octanol–water partition coefficient (Wildman–Crippen LogP) is 0.112. The Morgan fingerprint density at radius 1 is 1.40 bits per heavy atom. The van der Waals surface area contributed by atoms with Gasteiger partial charge in [-0.15, -0.1) is 0 Å². The van der Waals surface area contributed by atoms with Crippen LogP contribution in [-0.4, -0.2) is 47.7 Å². The summed E-state index contributed by atoms with van der Waals surface area (Å²) in [4.78, 5) is 13.8. The molecule has 2 aliphatic rings. The smallest absolute Gasteiger partial charge is 0.221 e. The molecule has 0 aromatic rings. The van der Waals surface area contributed by atoms with Crippen LogP contribution in [0.25, 0.3) is 0 Å². The van der Waals surface area contributed by atoms with Gasteiger partial charge in [-0.05, 0) is 32.2 Å². The Hall–Kier alpha value is -0.610. The average Bonchev–Trinajstić information content (AvgIpc) is 2.61. The number of aliphatic hydroxyl groups is 1. The highest BCUT2D eigenvalue weighted by molar-refractivity contribution is 5.76. The third kappa shape index (κ3) is 2.49. The van der Waals surface area contributed by atoms with Gasteiger partial charge in [0.05, 0.1) is 6.61 Å². The lowest BCUT2D eigenvalue weighted by Crippen LogP contribution is -2.42. The van der Waals surface area contributed by atoms with Crippen LogP contribution in [-0.2, 0) is 4.79 Å². The quantitative estimate of drug-likeness (QED) is 0.683. The van der Waals surface area contributed by atoms with E-state index in [0.29, 0.717) is 18.5 Å². The molecule has 0 aliphatic carbocycles. The van der Waals surface area contributed by atoms with Gasteiger partial charge in [0.1, 0.15) is 0 Å². The minimum atomic E-state index is 0.168. The van der Waals surface area contributed by atoms with Gasteiger partial charge in [-0.3, -0.25) is 9.69 Å². The first-order valence-electron chi connectivity index (χ1n) is 5.94. The van der Waals surface area contributed by atoms with Crippen molar-refractivity contribution in [3.8, 4) is 0 Å². The molecule has 0 saturated carbocycles. The van der Waals surface area contributed by atoms with Crippen LogP contribution in [0.15, 0.2) is 0 Å². The Morgan fingerprint density at radius 3 is 3.07 bits per heavy atom. The van der Waals surface area contributed by atoms with Crippen molar-refractivity contribution < 1.29 is 9.90 Å². The summed E-state index contributed by atoms with van der Waals surface area (Å²) in [5.41, 5.74) is 0. The molecular formula is C11H20N2O2. The van der Waals surface area contributed by atoms with Gasteiger partial charge in [0.2, 0.25) is 5.91 Å². The number of amides is 1. The van der Waals surface area contributed by atoms with E-state index in [1.165, 1.54) is 0 Å². The van der Waals surface area contributed by atoms with Gasteiger partial charge in [0.25, 0.3) is 0 Å². The summed E-state index contributed by atoms with van der Waals surface area (Å²) in [6.07, 6.45) is 4.98. The summed E-state index contributed by atoms with van der Waals surface area (Å²) < 4.78 is 0. The fourth-order valence-electron chi connectivity index (χ4n) is 2.77. The molecule has 4 heteroatoms. The van der Waals surface area contributed by atoms with Crippen LogP contribution in [0.2, 0.25) is 0 Å².